The van der Waals surface area contributed by atoms with Crippen LogP contribution in [0.5, 0.6) is 11.5 Å². The first-order valence-electron chi connectivity index (χ1n) is 5.06. The van der Waals surface area contributed by atoms with Crippen molar-refractivity contribution in [3.8, 4) is 22.8 Å². The smallest absolute Gasteiger partial charge is 0.358 e. The molecule has 0 aliphatic carbocycles. The highest BCUT2D eigenvalue weighted by atomic mass is 16.5. The van der Waals surface area contributed by atoms with Crippen LogP contribution in [0.4, 0.5) is 0 Å². The highest BCUT2D eigenvalue weighted by molar-refractivity contribution is 5.92. The number of aromatic nitrogens is 1. The third-order valence-electron chi connectivity index (χ3n) is 2.42. The molecule has 0 amide bonds. The van der Waals surface area contributed by atoms with E-state index in [-0.39, 0.29) is 11.5 Å². The van der Waals surface area contributed by atoms with Crippen LogP contribution in [0.2, 0.25) is 0 Å². The van der Waals surface area contributed by atoms with E-state index in [1.807, 2.05) is 0 Å². The molecule has 0 bridgehead atoms. The minimum atomic E-state index is -1.14. The van der Waals surface area contributed by atoms with Crippen LogP contribution >= 0.6 is 0 Å². The molecule has 0 saturated heterocycles. The maximum absolute atomic E-state index is 11.0. The summed E-state index contributed by atoms with van der Waals surface area (Å²) in [7, 11) is 3.02. The Morgan fingerprint density at radius 1 is 1.28 bits per heavy atom. The minimum absolute atomic E-state index is 0.137. The van der Waals surface area contributed by atoms with Gasteiger partial charge >= 0.3 is 5.97 Å². The normalized spacial score (nSPS) is 10.1. The van der Waals surface area contributed by atoms with Crippen molar-refractivity contribution in [1.82, 2.24) is 4.98 Å². The zero-order valence-corrected chi connectivity index (χ0v) is 9.84. The second-order valence-corrected chi connectivity index (χ2v) is 3.41. The number of carbonyl (C=O) groups is 1. The van der Waals surface area contributed by atoms with Crippen molar-refractivity contribution in [3.63, 3.8) is 0 Å². The van der Waals surface area contributed by atoms with Gasteiger partial charge in [0.25, 0.3) is 0 Å². The molecule has 94 valence electrons. The first-order chi connectivity index (χ1) is 8.67. The van der Waals surface area contributed by atoms with Gasteiger partial charge < -0.3 is 19.0 Å². The Balaban J connectivity index is 2.51. The number of hydrogen-bond donors (Lipinski definition) is 1. The second-order valence-electron chi connectivity index (χ2n) is 3.41. The van der Waals surface area contributed by atoms with Gasteiger partial charge in [-0.15, -0.1) is 0 Å². The van der Waals surface area contributed by atoms with E-state index in [1.165, 1.54) is 14.2 Å². The monoisotopic (exact) mass is 249 g/mol. The van der Waals surface area contributed by atoms with E-state index in [1.54, 1.807) is 18.2 Å². The molecule has 18 heavy (non-hydrogen) atoms. The van der Waals surface area contributed by atoms with Gasteiger partial charge in [-0.25, -0.2) is 9.78 Å². The maximum Gasteiger partial charge on any atom is 0.358 e. The lowest BCUT2D eigenvalue weighted by atomic mass is 10.1. The van der Waals surface area contributed by atoms with Gasteiger partial charge in [-0.1, -0.05) is 0 Å². The molecule has 0 aliphatic rings. The summed E-state index contributed by atoms with van der Waals surface area (Å²) in [5.74, 6) is 0.0809. The highest BCUT2D eigenvalue weighted by Gasteiger charge is 2.18. The van der Waals surface area contributed by atoms with Crippen molar-refractivity contribution in [3.05, 3.63) is 30.3 Å². The third-order valence-corrected chi connectivity index (χ3v) is 2.42. The molecule has 1 aromatic carbocycles. The van der Waals surface area contributed by atoms with Gasteiger partial charge in [-0.05, 0) is 18.2 Å². The summed E-state index contributed by atoms with van der Waals surface area (Å²) in [5.41, 5.74) is 0.421. The lowest BCUT2D eigenvalue weighted by Gasteiger charge is -2.08. The molecule has 0 unspecified atom stereocenters. The molecule has 2 aromatic rings. The summed E-state index contributed by atoms with van der Waals surface area (Å²) in [6.07, 6.45) is 1.09. The van der Waals surface area contributed by atoms with Gasteiger partial charge in [0, 0.05) is 5.56 Å². The molecule has 0 atom stereocenters. The number of nitrogens with zero attached hydrogens (tertiary/aromatic N) is 1. The Labute approximate surface area is 103 Å². The summed E-state index contributed by atoms with van der Waals surface area (Å²) in [5, 5.41) is 8.96. The largest absolute Gasteiger partial charge is 0.493 e. The van der Waals surface area contributed by atoms with Crippen LogP contribution in [0, 0.1) is 0 Å². The van der Waals surface area contributed by atoms with Gasteiger partial charge in [0.15, 0.2) is 29.3 Å². The number of oxazole rings is 1. The average Bonchev–Trinajstić information content (AvgIpc) is 2.87. The lowest BCUT2D eigenvalue weighted by molar-refractivity contribution is 0.0691. The number of benzene rings is 1. The molecular weight excluding hydrogens is 238 g/mol. The summed E-state index contributed by atoms with van der Waals surface area (Å²) < 4.78 is 15.3. The quantitative estimate of drug-likeness (QED) is 0.893. The van der Waals surface area contributed by atoms with E-state index < -0.39 is 5.97 Å². The van der Waals surface area contributed by atoms with Gasteiger partial charge in [-0.3, -0.25) is 0 Å². The fourth-order valence-corrected chi connectivity index (χ4v) is 1.58. The van der Waals surface area contributed by atoms with Crippen LogP contribution in [0.15, 0.2) is 29.0 Å². The Morgan fingerprint density at radius 3 is 2.61 bits per heavy atom. The second kappa shape index (κ2) is 4.79. The predicted molar refractivity (Wildman–Crippen MR) is 62.0 cm³/mol. The van der Waals surface area contributed by atoms with Crippen LogP contribution < -0.4 is 9.47 Å². The molecule has 0 radical (unpaired) electrons. The summed E-state index contributed by atoms with van der Waals surface area (Å²) in [6.45, 7) is 0. The van der Waals surface area contributed by atoms with Crippen LogP contribution in [-0.4, -0.2) is 30.3 Å². The Kier molecular flexibility index (Phi) is 3.18. The number of hydrogen-bond acceptors (Lipinski definition) is 5. The molecule has 1 N–H and O–H groups in total. The van der Waals surface area contributed by atoms with Crippen LogP contribution in [0.25, 0.3) is 11.3 Å². The van der Waals surface area contributed by atoms with Gasteiger partial charge in [-0.2, -0.15) is 0 Å². The highest BCUT2D eigenvalue weighted by Crippen LogP contribution is 2.33. The Morgan fingerprint density at radius 2 is 2.00 bits per heavy atom. The Bertz CT molecular complexity index is 576. The van der Waals surface area contributed by atoms with E-state index in [9.17, 15) is 4.79 Å². The molecule has 2 rings (SSSR count). The minimum Gasteiger partial charge on any atom is -0.493 e. The summed E-state index contributed by atoms with van der Waals surface area (Å²) in [6, 6.07) is 4.97. The van der Waals surface area contributed by atoms with Crippen LogP contribution in [0.1, 0.15) is 10.5 Å². The van der Waals surface area contributed by atoms with E-state index in [2.05, 4.69) is 4.98 Å². The van der Waals surface area contributed by atoms with Crippen molar-refractivity contribution < 1.29 is 23.8 Å². The molecule has 0 aliphatic heterocycles. The average molecular weight is 249 g/mol. The van der Waals surface area contributed by atoms with Gasteiger partial charge in [0.1, 0.15) is 0 Å². The number of carboxylic acid groups (broad SMARTS) is 1. The standard InChI is InChI=1S/C12H11NO5/c1-16-8-4-3-7(5-9(8)17-2)11-10(12(14)15)13-6-18-11/h3-6H,1-2H3,(H,14,15). The van der Waals surface area contributed by atoms with Gasteiger partial charge in [0.05, 0.1) is 14.2 Å². The van der Waals surface area contributed by atoms with Crippen molar-refractivity contribution in [2.24, 2.45) is 0 Å². The van der Waals surface area contributed by atoms with Crippen molar-refractivity contribution in [2.45, 2.75) is 0 Å². The number of ether oxygens (including phenoxy) is 2. The number of aromatic carboxylic acids is 1. The van der Waals surface area contributed by atoms with Gasteiger partial charge in [0.2, 0.25) is 0 Å². The summed E-state index contributed by atoms with van der Waals surface area (Å²) >= 11 is 0. The van der Waals surface area contributed by atoms with E-state index >= 15 is 0 Å². The number of carboxylic acids is 1. The Hall–Kier alpha value is -2.50. The van der Waals surface area contributed by atoms with Crippen molar-refractivity contribution >= 4 is 5.97 Å². The molecule has 0 spiro atoms. The van der Waals surface area contributed by atoms with Crippen LogP contribution in [-0.2, 0) is 0 Å². The first-order valence-corrected chi connectivity index (χ1v) is 5.06. The zero-order chi connectivity index (χ0) is 13.1. The number of methoxy groups -OCH3 is 2. The van der Waals surface area contributed by atoms with E-state index in [0.29, 0.717) is 17.1 Å². The molecule has 0 saturated carbocycles. The van der Waals surface area contributed by atoms with E-state index in [0.717, 1.165) is 6.39 Å². The fourth-order valence-electron chi connectivity index (χ4n) is 1.58. The SMILES string of the molecule is COc1ccc(-c2ocnc2C(=O)O)cc1OC. The van der Waals surface area contributed by atoms with E-state index in [4.69, 9.17) is 19.0 Å². The lowest BCUT2D eigenvalue weighted by Crippen LogP contribution is -1.99. The fraction of sp³-hybridized carbons (Fsp3) is 0.167. The maximum atomic E-state index is 11.0. The predicted octanol–water partition coefficient (Wildman–Crippen LogP) is 2.06. The molecule has 6 heteroatoms. The molecular formula is C12H11NO5. The number of rotatable bonds is 4. The third kappa shape index (κ3) is 2.00. The van der Waals surface area contributed by atoms with Crippen LogP contribution in [0.3, 0.4) is 0 Å². The van der Waals surface area contributed by atoms with Crippen molar-refractivity contribution in [1.29, 1.82) is 0 Å². The first kappa shape index (κ1) is 12.0. The summed E-state index contributed by atoms with van der Waals surface area (Å²) in [4.78, 5) is 14.6. The topological polar surface area (TPSA) is 81.8 Å². The molecule has 6 nitrogen and oxygen atoms in total. The zero-order valence-electron chi connectivity index (χ0n) is 9.84. The molecule has 1 heterocycles. The van der Waals surface area contributed by atoms with Crippen molar-refractivity contribution in [2.75, 3.05) is 14.2 Å². The molecule has 0 fully saturated rings. The molecule has 1 aromatic heterocycles.